The smallest absolute Gasteiger partial charge is 0.0481 e. The average Bonchev–Trinajstić information content (AvgIpc) is 3.14. The number of nitrogens with two attached hydrogens (primary N) is 1. The normalized spacial score (nSPS) is 10.5. The lowest BCUT2D eigenvalue weighted by atomic mass is 10.1. The van der Waals surface area contributed by atoms with E-state index in [-0.39, 0.29) is 0 Å². The molecule has 3 heteroatoms. The highest BCUT2D eigenvalue weighted by molar-refractivity contribution is 9.10. The van der Waals surface area contributed by atoms with Crippen molar-refractivity contribution in [2.24, 2.45) is 5.73 Å². The van der Waals surface area contributed by atoms with Gasteiger partial charge in [-0.05, 0) is 79.8 Å². The lowest BCUT2D eigenvalue weighted by Crippen LogP contribution is -2.16. The second kappa shape index (κ2) is 15.9. The standard InChI is InChI=1S/C27H21N.C10H7Br.C7H9N/c1-2-8-21(9-3-1)20-28(26-16-14-22-10-4-6-12-24(22)18-26)27-17-15-23-11-5-7-13-25(23)19-27;11-10-6-5-8-3-1-2-4-9(8)7-10;8-6-7-4-2-1-3-5-7/h1-19H,20H2;1-7H;1-5H,6,8H2. The van der Waals surface area contributed by atoms with E-state index in [1.54, 1.807) is 0 Å². The number of hydrogen-bond donors (Lipinski definition) is 1. The van der Waals surface area contributed by atoms with Crippen LogP contribution in [0.3, 0.4) is 0 Å². The Morgan fingerprint density at radius 1 is 0.383 bits per heavy atom. The highest BCUT2D eigenvalue weighted by atomic mass is 79.9. The van der Waals surface area contributed by atoms with Crippen molar-refractivity contribution in [3.63, 3.8) is 0 Å². The summed E-state index contributed by atoms with van der Waals surface area (Å²) < 4.78 is 1.14. The predicted molar refractivity (Wildman–Crippen MR) is 206 cm³/mol. The van der Waals surface area contributed by atoms with E-state index in [4.69, 9.17) is 5.73 Å². The maximum Gasteiger partial charge on any atom is 0.0481 e. The summed E-state index contributed by atoms with van der Waals surface area (Å²) >= 11 is 3.43. The fourth-order valence-corrected chi connectivity index (χ4v) is 5.94. The number of rotatable bonds is 5. The van der Waals surface area contributed by atoms with Gasteiger partial charge in [-0.1, -0.05) is 168 Å². The SMILES string of the molecule is Brc1ccc2ccccc2c1.NCc1ccccc1.c1ccc(CN(c2ccc3ccccc3c2)c2ccc3ccccc3c2)cc1. The molecule has 0 heterocycles. The zero-order chi connectivity index (χ0) is 32.3. The molecular formula is C44H37BrN2. The van der Waals surface area contributed by atoms with Crippen molar-refractivity contribution in [1.29, 1.82) is 0 Å². The number of fused-ring (bicyclic) bond motifs is 3. The molecule has 0 atom stereocenters. The minimum atomic E-state index is 0.640. The zero-order valence-corrected chi connectivity index (χ0v) is 27.8. The molecule has 0 fully saturated rings. The molecule has 0 aliphatic rings. The molecule has 0 spiro atoms. The molecule has 0 unspecified atom stereocenters. The molecule has 8 aromatic rings. The van der Waals surface area contributed by atoms with Gasteiger partial charge in [-0.3, -0.25) is 0 Å². The number of nitrogens with zero attached hydrogens (tertiary/aromatic N) is 1. The summed E-state index contributed by atoms with van der Waals surface area (Å²) in [5, 5.41) is 7.63. The number of hydrogen-bond acceptors (Lipinski definition) is 2. The summed E-state index contributed by atoms with van der Waals surface area (Å²) in [7, 11) is 0. The van der Waals surface area contributed by atoms with Gasteiger partial charge in [-0.15, -0.1) is 0 Å². The second-order valence-electron chi connectivity index (χ2n) is 11.3. The topological polar surface area (TPSA) is 29.3 Å². The largest absolute Gasteiger partial charge is 0.337 e. The molecule has 0 saturated carbocycles. The molecule has 0 bridgehead atoms. The quantitative estimate of drug-likeness (QED) is 0.197. The van der Waals surface area contributed by atoms with Gasteiger partial charge in [-0.25, -0.2) is 0 Å². The summed E-state index contributed by atoms with van der Waals surface area (Å²) in [6, 6.07) is 65.8. The highest BCUT2D eigenvalue weighted by Crippen LogP contribution is 2.32. The molecule has 230 valence electrons. The Kier molecular flexibility index (Phi) is 10.7. The van der Waals surface area contributed by atoms with Gasteiger partial charge in [0.25, 0.3) is 0 Å². The van der Waals surface area contributed by atoms with E-state index in [1.807, 2.05) is 30.3 Å². The summed E-state index contributed by atoms with van der Waals surface area (Å²) in [5.74, 6) is 0. The van der Waals surface area contributed by atoms with Crippen LogP contribution in [0.15, 0.2) is 193 Å². The van der Waals surface area contributed by atoms with Crippen LogP contribution in [-0.4, -0.2) is 0 Å². The monoisotopic (exact) mass is 672 g/mol. The lowest BCUT2D eigenvalue weighted by Gasteiger charge is -2.26. The second-order valence-corrected chi connectivity index (χ2v) is 12.2. The summed E-state index contributed by atoms with van der Waals surface area (Å²) in [6.45, 7) is 1.47. The van der Waals surface area contributed by atoms with Crippen molar-refractivity contribution in [3.05, 3.63) is 204 Å². The van der Waals surface area contributed by atoms with Crippen molar-refractivity contribution < 1.29 is 0 Å². The van der Waals surface area contributed by atoms with Crippen molar-refractivity contribution >= 4 is 59.6 Å². The first kappa shape index (κ1) is 31.7. The Morgan fingerprint density at radius 3 is 1.21 bits per heavy atom. The molecule has 0 saturated heterocycles. The minimum absolute atomic E-state index is 0.640. The summed E-state index contributed by atoms with van der Waals surface area (Å²) in [6.07, 6.45) is 0. The van der Waals surface area contributed by atoms with E-state index in [0.29, 0.717) is 6.54 Å². The van der Waals surface area contributed by atoms with Crippen LogP contribution in [0.5, 0.6) is 0 Å². The molecule has 0 radical (unpaired) electrons. The first-order valence-electron chi connectivity index (χ1n) is 15.8. The fraction of sp³-hybridized carbons (Fsp3) is 0.0455. The maximum absolute atomic E-state index is 5.35. The highest BCUT2D eigenvalue weighted by Gasteiger charge is 2.12. The molecule has 47 heavy (non-hydrogen) atoms. The molecule has 0 aliphatic carbocycles. The maximum atomic E-state index is 5.35. The van der Waals surface area contributed by atoms with Gasteiger partial charge in [0.1, 0.15) is 0 Å². The van der Waals surface area contributed by atoms with Crippen molar-refractivity contribution in [2.45, 2.75) is 13.1 Å². The molecule has 2 nitrogen and oxygen atoms in total. The Hall–Kier alpha value is -5.22. The van der Waals surface area contributed by atoms with E-state index in [1.165, 1.54) is 54.8 Å². The van der Waals surface area contributed by atoms with Gasteiger partial charge in [0.15, 0.2) is 0 Å². The Labute approximate surface area is 285 Å². The third-order valence-corrected chi connectivity index (χ3v) is 8.56. The Balaban J connectivity index is 0.000000165. The zero-order valence-electron chi connectivity index (χ0n) is 26.2. The van der Waals surface area contributed by atoms with E-state index >= 15 is 0 Å². The van der Waals surface area contributed by atoms with Crippen LogP contribution in [0.25, 0.3) is 32.3 Å². The van der Waals surface area contributed by atoms with E-state index in [0.717, 1.165) is 11.0 Å². The van der Waals surface area contributed by atoms with Gasteiger partial charge in [0, 0.05) is 28.9 Å². The molecule has 0 aliphatic heterocycles. The van der Waals surface area contributed by atoms with Crippen LogP contribution < -0.4 is 10.6 Å². The first-order valence-corrected chi connectivity index (χ1v) is 16.6. The third kappa shape index (κ3) is 8.53. The minimum Gasteiger partial charge on any atom is -0.337 e. The van der Waals surface area contributed by atoms with Crippen LogP contribution in [-0.2, 0) is 13.1 Å². The molecule has 2 N–H and O–H groups in total. The van der Waals surface area contributed by atoms with Crippen LogP contribution in [0.1, 0.15) is 11.1 Å². The van der Waals surface area contributed by atoms with Gasteiger partial charge < -0.3 is 10.6 Å². The number of halogens is 1. The summed E-state index contributed by atoms with van der Waals surface area (Å²) in [4.78, 5) is 2.40. The van der Waals surface area contributed by atoms with Crippen molar-refractivity contribution in [3.8, 4) is 0 Å². The third-order valence-electron chi connectivity index (χ3n) is 8.06. The van der Waals surface area contributed by atoms with Gasteiger partial charge in [-0.2, -0.15) is 0 Å². The Bertz CT molecular complexity index is 2100. The van der Waals surface area contributed by atoms with Gasteiger partial charge in [0.2, 0.25) is 0 Å². The van der Waals surface area contributed by atoms with Gasteiger partial charge >= 0.3 is 0 Å². The molecule has 8 aromatic carbocycles. The van der Waals surface area contributed by atoms with E-state index in [2.05, 4.69) is 179 Å². The Morgan fingerprint density at radius 2 is 0.766 bits per heavy atom. The van der Waals surface area contributed by atoms with Gasteiger partial charge in [0.05, 0.1) is 0 Å². The fourth-order valence-electron chi connectivity index (χ4n) is 5.56. The molecule has 0 amide bonds. The lowest BCUT2D eigenvalue weighted by molar-refractivity contribution is 0.978. The molecule has 8 rings (SSSR count). The first-order chi connectivity index (χ1) is 23.2. The van der Waals surface area contributed by atoms with Crippen LogP contribution >= 0.6 is 15.9 Å². The predicted octanol–water partition coefficient (Wildman–Crippen LogP) is 12.1. The van der Waals surface area contributed by atoms with Crippen LogP contribution in [0, 0.1) is 0 Å². The van der Waals surface area contributed by atoms with Crippen molar-refractivity contribution in [2.75, 3.05) is 4.90 Å². The van der Waals surface area contributed by atoms with E-state index in [9.17, 15) is 0 Å². The van der Waals surface area contributed by atoms with E-state index < -0.39 is 0 Å². The molecule has 0 aromatic heterocycles. The average molecular weight is 674 g/mol. The van der Waals surface area contributed by atoms with Crippen LogP contribution in [0.2, 0.25) is 0 Å². The summed E-state index contributed by atoms with van der Waals surface area (Å²) in [5.41, 5.74) is 10.2. The van der Waals surface area contributed by atoms with Crippen molar-refractivity contribution in [1.82, 2.24) is 0 Å². The molecular weight excluding hydrogens is 636 g/mol. The number of benzene rings is 8. The van der Waals surface area contributed by atoms with Crippen LogP contribution in [0.4, 0.5) is 11.4 Å². The number of anilines is 2.